The van der Waals surface area contributed by atoms with Crippen LogP contribution in [0.5, 0.6) is 5.75 Å². The average molecular weight is 373 g/mol. The second-order valence-electron chi connectivity index (χ2n) is 5.65. The van der Waals surface area contributed by atoms with Gasteiger partial charge in [-0.15, -0.1) is 0 Å². The van der Waals surface area contributed by atoms with E-state index in [1.807, 2.05) is 0 Å². The minimum absolute atomic E-state index is 0.00387. The Balaban J connectivity index is 2.29. The highest BCUT2D eigenvalue weighted by atomic mass is 19.4. The van der Waals surface area contributed by atoms with E-state index in [2.05, 4.69) is 6.58 Å². The summed E-state index contributed by atoms with van der Waals surface area (Å²) < 4.78 is 49.6. The van der Waals surface area contributed by atoms with Crippen LogP contribution in [0.2, 0.25) is 0 Å². The summed E-state index contributed by atoms with van der Waals surface area (Å²) in [5, 5.41) is 8.84. The Morgan fingerprint density at radius 2 is 2.15 bits per heavy atom. The van der Waals surface area contributed by atoms with Crippen LogP contribution in [0, 0.1) is 0 Å². The number of alkyl halides is 3. The second kappa shape index (κ2) is 8.22. The molecular weight excluding hydrogens is 355 g/mol. The topological polar surface area (TPSA) is 76.1 Å². The van der Waals surface area contributed by atoms with E-state index in [0.29, 0.717) is 0 Å². The zero-order chi connectivity index (χ0) is 19.3. The number of carboxylic acid groups (broad SMARTS) is 1. The van der Waals surface area contributed by atoms with Gasteiger partial charge < -0.3 is 19.5 Å². The molecule has 1 aliphatic heterocycles. The van der Waals surface area contributed by atoms with E-state index in [1.165, 1.54) is 11.0 Å². The molecule has 0 saturated carbocycles. The lowest BCUT2D eigenvalue weighted by Gasteiger charge is -2.32. The van der Waals surface area contributed by atoms with Crippen molar-refractivity contribution in [1.82, 2.24) is 4.90 Å². The maximum absolute atomic E-state index is 13.0. The van der Waals surface area contributed by atoms with Crippen LogP contribution in [0.15, 0.2) is 30.9 Å². The predicted octanol–water partition coefficient (Wildman–Crippen LogP) is 2.59. The quantitative estimate of drug-likeness (QED) is 0.776. The Hall–Kier alpha value is -2.55. The summed E-state index contributed by atoms with van der Waals surface area (Å²) in [6.45, 7) is 3.71. The number of hydrogen-bond donors (Lipinski definition) is 1. The number of halogens is 3. The van der Waals surface area contributed by atoms with Gasteiger partial charge in [0.05, 0.1) is 30.3 Å². The minimum atomic E-state index is -4.61. The Morgan fingerprint density at radius 3 is 2.77 bits per heavy atom. The molecule has 26 heavy (non-hydrogen) atoms. The zero-order valence-corrected chi connectivity index (χ0v) is 13.8. The van der Waals surface area contributed by atoms with E-state index in [9.17, 15) is 22.8 Å². The smallest absolute Gasteiger partial charge is 0.416 e. The van der Waals surface area contributed by atoms with Gasteiger partial charge in [0.1, 0.15) is 12.4 Å². The third-order valence-electron chi connectivity index (χ3n) is 3.72. The maximum atomic E-state index is 13.0. The molecule has 1 unspecified atom stereocenters. The summed E-state index contributed by atoms with van der Waals surface area (Å²) in [7, 11) is 0. The molecular formula is C17H18F3NO5. The molecule has 1 amide bonds. The van der Waals surface area contributed by atoms with Gasteiger partial charge in [0.15, 0.2) is 0 Å². The van der Waals surface area contributed by atoms with Gasteiger partial charge in [-0.05, 0) is 18.2 Å². The van der Waals surface area contributed by atoms with Crippen LogP contribution in [-0.2, 0) is 15.7 Å². The van der Waals surface area contributed by atoms with E-state index < -0.39 is 29.7 Å². The summed E-state index contributed by atoms with van der Waals surface area (Å²) in [6.07, 6.45) is -4.22. The number of benzene rings is 1. The number of amides is 1. The normalized spacial score (nSPS) is 17.7. The van der Waals surface area contributed by atoms with Crippen molar-refractivity contribution in [2.45, 2.75) is 18.7 Å². The first kappa shape index (κ1) is 19.8. The first-order valence-electron chi connectivity index (χ1n) is 7.80. The summed E-state index contributed by atoms with van der Waals surface area (Å²) in [5.74, 6) is -1.75. The van der Waals surface area contributed by atoms with Crippen molar-refractivity contribution in [3.05, 3.63) is 42.0 Å². The molecule has 1 atom stereocenters. The lowest BCUT2D eigenvalue weighted by molar-refractivity contribution is -0.142. The van der Waals surface area contributed by atoms with Gasteiger partial charge in [0.25, 0.3) is 5.91 Å². The maximum Gasteiger partial charge on any atom is 0.416 e. The molecule has 0 radical (unpaired) electrons. The van der Waals surface area contributed by atoms with E-state index in [-0.39, 0.29) is 44.0 Å². The van der Waals surface area contributed by atoms with E-state index >= 15 is 0 Å². The molecule has 0 aromatic heterocycles. The number of carbonyl (C=O) groups is 2. The van der Waals surface area contributed by atoms with E-state index in [4.69, 9.17) is 14.6 Å². The van der Waals surface area contributed by atoms with Crippen molar-refractivity contribution in [1.29, 1.82) is 0 Å². The van der Waals surface area contributed by atoms with Crippen molar-refractivity contribution >= 4 is 11.9 Å². The molecule has 6 nitrogen and oxygen atoms in total. The number of rotatable bonds is 6. The third kappa shape index (κ3) is 4.98. The first-order valence-corrected chi connectivity index (χ1v) is 7.80. The highest BCUT2D eigenvalue weighted by Gasteiger charge is 2.34. The molecule has 0 spiro atoms. The summed E-state index contributed by atoms with van der Waals surface area (Å²) >= 11 is 0. The second-order valence-corrected chi connectivity index (χ2v) is 5.65. The summed E-state index contributed by atoms with van der Waals surface area (Å²) in [6, 6.07) is 2.67. The number of carbonyl (C=O) groups excluding carboxylic acids is 1. The van der Waals surface area contributed by atoms with Crippen LogP contribution in [0.25, 0.3) is 0 Å². The molecule has 1 saturated heterocycles. The summed E-state index contributed by atoms with van der Waals surface area (Å²) in [4.78, 5) is 24.8. The van der Waals surface area contributed by atoms with Crippen LogP contribution in [0.4, 0.5) is 13.2 Å². The molecule has 9 heteroatoms. The standard InChI is InChI=1S/C17H18F3NO5/c1-2-6-26-14-4-3-11(17(18,19)20)8-13(14)16(24)21-5-7-25-12(10-21)9-15(22)23/h2-4,8,12H,1,5-7,9-10H2,(H,22,23). The van der Waals surface area contributed by atoms with Crippen LogP contribution >= 0.6 is 0 Å². The molecule has 142 valence electrons. The largest absolute Gasteiger partial charge is 0.489 e. The summed E-state index contributed by atoms with van der Waals surface area (Å²) in [5.41, 5.74) is -1.21. The molecule has 1 N–H and O–H groups in total. The Kier molecular flexibility index (Phi) is 6.25. The van der Waals surface area contributed by atoms with Crippen LogP contribution < -0.4 is 4.74 Å². The van der Waals surface area contributed by atoms with Crippen LogP contribution in [0.1, 0.15) is 22.3 Å². The zero-order valence-electron chi connectivity index (χ0n) is 13.8. The van der Waals surface area contributed by atoms with Crippen LogP contribution in [0.3, 0.4) is 0 Å². The van der Waals surface area contributed by atoms with Crippen molar-refractivity contribution in [3.8, 4) is 5.75 Å². The lowest BCUT2D eigenvalue weighted by atomic mass is 10.1. The molecule has 2 rings (SSSR count). The molecule has 1 fully saturated rings. The SMILES string of the molecule is C=CCOc1ccc(C(F)(F)F)cc1C(=O)N1CCOC(CC(=O)O)C1. The monoisotopic (exact) mass is 373 g/mol. The molecule has 1 aromatic rings. The van der Waals surface area contributed by atoms with Gasteiger partial charge in [-0.2, -0.15) is 13.2 Å². The van der Waals surface area contributed by atoms with Crippen molar-refractivity contribution in [2.24, 2.45) is 0 Å². The lowest BCUT2D eigenvalue weighted by Crippen LogP contribution is -2.46. The number of ether oxygens (including phenoxy) is 2. The molecule has 0 aliphatic carbocycles. The Morgan fingerprint density at radius 1 is 1.42 bits per heavy atom. The third-order valence-corrected chi connectivity index (χ3v) is 3.72. The van der Waals surface area contributed by atoms with E-state index in [0.717, 1.165) is 18.2 Å². The molecule has 1 aliphatic rings. The van der Waals surface area contributed by atoms with E-state index in [1.54, 1.807) is 0 Å². The van der Waals surface area contributed by atoms with Gasteiger partial charge >= 0.3 is 12.1 Å². The molecule has 1 heterocycles. The highest BCUT2D eigenvalue weighted by molar-refractivity contribution is 5.97. The Labute approximate surface area is 147 Å². The van der Waals surface area contributed by atoms with Gasteiger partial charge in [0.2, 0.25) is 0 Å². The van der Waals surface area contributed by atoms with Crippen molar-refractivity contribution in [2.75, 3.05) is 26.3 Å². The minimum Gasteiger partial charge on any atom is -0.489 e. The highest BCUT2D eigenvalue weighted by Crippen LogP contribution is 2.33. The predicted molar refractivity (Wildman–Crippen MR) is 85.0 cm³/mol. The molecule has 1 aromatic carbocycles. The number of hydrogen-bond acceptors (Lipinski definition) is 4. The van der Waals surface area contributed by atoms with Crippen molar-refractivity contribution < 1.29 is 37.3 Å². The fourth-order valence-corrected chi connectivity index (χ4v) is 2.54. The Bertz CT molecular complexity index is 689. The van der Waals surface area contributed by atoms with Gasteiger partial charge in [-0.3, -0.25) is 9.59 Å². The fourth-order valence-electron chi connectivity index (χ4n) is 2.54. The van der Waals surface area contributed by atoms with Gasteiger partial charge in [-0.1, -0.05) is 12.7 Å². The number of carboxylic acids is 1. The van der Waals surface area contributed by atoms with Gasteiger partial charge in [-0.25, -0.2) is 0 Å². The number of morpholine rings is 1. The average Bonchev–Trinajstić information content (AvgIpc) is 2.58. The molecule has 0 bridgehead atoms. The fraction of sp³-hybridized carbons (Fsp3) is 0.412. The van der Waals surface area contributed by atoms with Gasteiger partial charge in [0, 0.05) is 13.1 Å². The number of aliphatic carboxylic acids is 1. The number of nitrogens with zero attached hydrogens (tertiary/aromatic N) is 1. The van der Waals surface area contributed by atoms with Crippen molar-refractivity contribution in [3.63, 3.8) is 0 Å². The first-order chi connectivity index (χ1) is 12.2. The van der Waals surface area contributed by atoms with Crippen LogP contribution in [-0.4, -0.2) is 54.3 Å².